The zero-order valence-electron chi connectivity index (χ0n) is 16.1. The molecule has 0 aliphatic carbocycles. The predicted octanol–water partition coefficient (Wildman–Crippen LogP) is 2.24. The van der Waals surface area contributed by atoms with E-state index in [-0.39, 0.29) is 11.9 Å². The number of hydrogen-bond donors (Lipinski definition) is 1. The molecule has 0 fully saturated rings. The molecular weight excluding hydrogens is 388 g/mol. The number of pyridine rings is 1. The second-order valence-electron chi connectivity index (χ2n) is 6.48. The van der Waals surface area contributed by atoms with Gasteiger partial charge in [0, 0.05) is 11.8 Å². The summed E-state index contributed by atoms with van der Waals surface area (Å²) in [6, 6.07) is 12.7. The minimum atomic E-state index is -0.259. The Morgan fingerprint density at radius 2 is 2.07 bits per heavy atom. The van der Waals surface area contributed by atoms with Crippen molar-refractivity contribution in [2.75, 3.05) is 12.0 Å². The fourth-order valence-electron chi connectivity index (χ4n) is 3.09. The number of aromatic nitrogens is 7. The Labute approximate surface area is 171 Å². The summed E-state index contributed by atoms with van der Waals surface area (Å²) >= 11 is 1.72. The van der Waals surface area contributed by atoms with Gasteiger partial charge < -0.3 is 5.32 Å². The number of nitrogens with one attached hydrogen (secondary N) is 1. The third kappa shape index (κ3) is 3.97. The molecule has 3 heterocycles. The van der Waals surface area contributed by atoms with Crippen LogP contribution in [0.25, 0.3) is 11.3 Å². The van der Waals surface area contributed by atoms with Gasteiger partial charge in [0.15, 0.2) is 17.3 Å². The van der Waals surface area contributed by atoms with Crippen LogP contribution < -0.4 is 5.32 Å². The van der Waals surface area contributed by atoms with E-state index < -0.39 is 0 Å². The Hall–Kier alpha value is -3.27. The van der Waals surface area contributed by atoms with E-state index >= 15 is 0 Å². The van der Waals surface area contributed by atoms with Crippen LogP contribution in [-0.2, 0) is 0 Å². The van der Waals surface area contributed by atoms with Crippen molar-refractivity contribution in [3.05, 3.63) is 65.9 Å². The van der Waals surface area contributed by atoms with Crippen LogP contribution in [0.1, 0.15) is 34.5 Å². The van der Waals surface area contributed by atoms with E-state index in [0.29, 0.717) is 11.4 Å². The highest BCUT2D eigenvalue weighted by Crippen LogP contribution is 2.19. The van der Waals surface area contributed by atoms with Gasteiger partial charge in [0.25, 0.3) is 5.91 Å². The van der Waals surface area contributed by atoms with Gasteiger partial charge in [0.2, 0.25) is 0 Å². The van der Waals surface area contributed by atoms with Crippen LogP contribution in [0.3, 0.4) is 0 Å². The van der Waals surface area contributed by atoms with Gasteiger partial charge in [-0.15, -0.1) is 15.3 Å². The first-order valence-electron chi connectivity index (χ1n) is 9.12. The number of carbonyl (C=O) groups is 1. The number of hydrogen-bond acceptors (Lipinski definition) is 7. The van der Waals surface area contributed by atoms with E-state index in [9.17, 15) is 4.79 Å². The summed E-state index contributed by atoms with van der Waals surface area (Å²) < 4.78 is 3.50. The quantitative estimate of drug-likeness (QED) is 0.500. The highest BCUT2D eigenvalue weighted by atomic mass is 32.2. The highest BCUT2D eigenvalue weighted by Gasteiger charge is 2.21. The van der Waals surface area contributed by atoms with E-state index in [1.807, 2.05) is 54.1 Å². The van der Waals surface area contributed by atoms with Crippen LogP contribution in [0, 0.1) is 6.92 Å². The zero-order chi connectivity index (χ0) is 20.2. The van der Waals surface area contributed by atoms with Gasteiger partial charge in [-0.05, 0) is 66.1 Å². The number of aryl methyl sites for hydroxylation is 1. The number of tetrazole rings is 1. The molecule has 0 saturated heterocycles. The van der Waals surface area contributed by atoms with Gasteiger partial charge in [-0.1, -0.05) is 12.1 Å². The van der Waals surface area contributed by atoms with Crippen LogP contribution in [0.15, 0.2) is 48.7 Å². The fraction of sp³-hybridized carbons (Fsp3) is 0.263. The monoisotopic (exact) mass is 408 g/mol. The molecule has 4 rings (SSSR count). The van der Waals surface area contributed by atoms with Crippen molar-refractivity contribution in [1.29, 1.82) is 0 Å². The van der Waals surface area contributed by atoms with Crippen LogP contribution in [-0.4, -0.2) is 52.7 Å². The van der Waals surface area contributed by atoms with Crippen molar-refractivity contribution in [3.63, 3.8) is 0 Å². The minimum Gasteiger partial charge on any atom is -0.342 e. The van der Waals surface area contributed by atoms with Crippen LogP contribution in [0.4, 0.5) is 0 Å². The van der Waals surface area contributed by atoms with Gasteiger partial charge in [-0.2, -0.15) is 16.4 Å². The number of nitrogens with zero attached hydrogens (tertiary/aromatic N) is 7. The van der Waals surface area contributed by atoms with Gasteiger partial charge in [-0.25, -0.2) is 0 Å². The van der Waals surface area contributed by atoms with Crippen molar-refractivity contribution in [2.24, 2.45) is 0 Å². The molecule has 4 aromatic rings. The molecule has 0 spiro atoms. The number of amides is 1. The van der Waals surface area contributed by atoms with Crippen molar-refractivity contribution in [2.45, 2.75) is 19.4 Å². The first kappa shape index (κ1) is 19.1. The Bertz CT molecular complexity index is 1140. The summed E-state index contributed by atoms with van der Waals surface area (Å²) in [4.78, 5) is 13.0. The highest BCUT2D eigenvalue weighted by molar-refractivity contribution is 7.98. The Morgan fingerprint density at radius 1 is 1.17 bits per heavy atom. The molecule has 9 nitrogen and oxygen atoms in total. The first-order valence-corrected chi connectivity index (χ1v) is 10.5. The fourth-order valence-corrected chi connectivity index (χ4v) is 3.56. The van der Waals surface area contributed by atoms with E-state index in [1.165, 1.54) is 0 Å². The SMILES string of the molecule is CSCC[C@@H](NC(=O)c1cccc(-n2nnnc2C)c1)c1nnc2ccccn12. The molecule has 1 N–H and O–H groups in total. The molecule has 0 unspecified atom stereocenters. The number of carbonyl (C=O) groups excluding carboxylic acids is 1. The standard InChI is InChI=1S/C19H20N8OS/c1-13-21-24-25-27(13)15-7-5-6-14(12-15)19(28)20-16(9-11-29-2)18-23-22-17-8-3-4-10-26(17)18/h3-8,10,12,16H,9,11H2,1-2H3,(H,20,28)/t16-/m1/s1. The topological polar surface area (TPSA) is 103 Å². The zero-order valence-corrected chi connectivity index (χ0v) is 16.9. The average Bonchev–Trinajstić information content (AvgIpc) is 3.37. The van der Waals surface area contributed by atoms with Crippen molar-refractivity contribution < 1.29 is 4.79 Å². The van der Waals surface area contributed by atoms with Crippen molar-refractivity contribution in [3.8, 4) is 5.69 Å². The average molecular weight is 408 g/mol. The van der Waals surface area contributed by atoms with Crippen LogP contribution in [0.5, 0.6) is 0 Å². The molecule has 0 aliphatic heterocycles. The van der Waals surface area contributed by atoms with Crippen LogP contribution >= 0.6 is 11.8 Å². The van der Waals surface area contributed by atoms with Gasteiger partial charge in [0.05, 0.1) is 11.7 Å². The largest absolute Gasteiger partial charge is 0.342 e. The first-order chi connectivity index (χ1) is 14.2. The molecule has 3 aromatic heterocycles. The molecule has 1 amide bonds. The minimum absolute atomic E-state index is 0.184. The second kappa shape index (κ2) is 8.39. The van der Waals surface area contributed by atoms with E-state index in [2.05, 4.69) is 31.0 Å². The number of rotatable bonds is 7. The van der Waals surface area contributed by atoms with E-state index in [4.69, 9.17) is 0 Å². The number of fused-ring (bicyclic) bond motifs is 1. The molecule has 0 saturated carbocycles. The van der Waals surface area contributed by atoms with E-state index in [0.717, 1.165) is 29.3 Å². The summed E-state index contributed by atoms with van der Waals surface area (Å²) in [5.74, 6) is 2.07. The van der Waals surface area contributed by atoms with E-state index in [1.54, 1.807) is 28.6 Å². The Morgan fingerprint density at radius 3 is 2.86 bits per heavy atom. The molecule has 0 bridgehead atoms. The van der Waals surface area contributed by atoms with Crippen molar-refractivity contribution >= 4 is 23.3 Å². The summed E-state index contributed by atoms with van der Waals surface area (Å²) in [6.45, 7) is 1.81. The Balaban J connectivity index is 1.61. The molecule has 29 heavy (non-hydrogen) atoms. The van der Waals surface area contributed by atoms with Crippen LogP contribution in [0.2, 0.25) is 0 Å². The predicted molar refractivity (Wildman–Crippen MR) is 110 cm³/mol. The maximum Gasteiger partial charge on any atom is 0.251 e. The maximum atomic E-state index is 13.0. The summed E-state index contributed by atoms with van der Waals surface area (Å²) in [6.07, 6.45) is 4.69. The molecule has 1 atom stereocenters. The lowest BCUT2D eigenvalue weighted by molar-refractivity contribution is 0.0933. The normalized spacial score (nSPS) is 12.2. The Kier molecular flexibility index (Phi) is 5.52. The lowest BCUT2D eigenvalue weighted by atomic mass is 10.1. The van der Waals surface area contributed by atoms with Gasteiger partial charge in [0.1, 0.15) is 0 Å². The summed E-state index contributed by atoms with van der Waals surface area (Å²) in [7, 11) is 0. The lowest BCUT2D eigenvalue weighted by Crippen LogP contribution is -2.30. The summed E-state index contributed by atoms with van der Waals surface area (Å²) in [5, 5.41) is 23.2. The molecule has 148 valence electrons. The lowest BCUT2D eigenvalue weighted by Gasteiger charge is -2.17. The second-order valence-corrected chi connectivity index (χ2v) is 7.47. The van der Waals surface area contributed by atoms with Gasteiger partial charge in [-0.3, -0.25) is 9.20 Å². The summed E-state index contributed by atoms with van der Waals surface area (Å²) in [5.41, 5.74) is 2.01. The van der Waals surface area contributed by atoms with Gasteiger partial charge >= 0.3 is 0 Å². The third-order valence-electron chi connectivity index (χ3n) is 4.55. The molecular formula is C19H20N8OS. The number of benzene rings is 1. The molecule has 1 aromatic carbocycles. The molecule has 10 heteroatoms. The molecule has 0 radical (unpaired) electrons. The number of thioether (sulfide) groups is 1. The maximum absolute atomic E-state index is 13.0. The third-order valence-corrected chi connectivity index (χ3v) is 5.19. The molecule has 0 aliphatic rings. The van der Waals surface area contributed by atoms with Crippen molar-refractivity contribution in [1.82, 2.24) is 40.1 Å². The smallest absolute Gasteiger partial charge is 0.251 e.